The molecule has 2 aliphatic rings. The van der Waals surface area contributed by atoms with Crippen LogP contribution >= 0.6 is 15.9 Å². The van der Waals surface area contributed by atoms with Gasteiger partial charge in [0.2, 0.25) is 0 Å². The molecule has 1 aromatic carbocycles. The fraction of sp³-hybridized carbons (Fsp3) is 0.571. The van der Waals surface area contributed by atoms with Gasteiger partial charge in [0.05, 0.1) is 6.61 Å². The third-order valence-electron chi connectivity index (χ3n) is 4.04. The molecule has 104 valence electrons. The first-order chi connectivity index (χ1) is 9.24. The molecule has 0 aromatic heterocycles. The molecule has 3 rings (SSSR count). The predicted molar refractivity (Wildman–Crippen MR) is 79.1 cm³/mol. The Balaban J connectivity index is 1.67. The lowest BCUT2D eigenvalue weighted by molar-refractivity contribution is 0.248. The van der Waals surface area contributed by atoms with E-state index in [1.54, 1.807) is 0 Å². The maximum Gasteiger partial charge on any atom is 0.124 e. The molecule has 1 aromatic rings. The molecular weight excluding hydrogens is 306 g/mol. The van der Waals surface area contributed by atoms with E-state index in [9.17, 15) is 0 Å². The van der Waals surface area contributed by atoms with Gasteiger partial charge in [-0.05, 0) is 25.1 Å². The lowest BCUT2D eigenvalue weighted by Gasteiger charge is -2.28. The van der Waals surface area contributed by atoms with Crippen LogP contribution in [0.5, 0.6) is 5.75 Å². The summed E-state index contributed by atoms with van der Waals surface area (Å²) in [5.41, 5.74) is 7.75. The maximum absolute atomic E-state index is 5.72. The van der Waals surface area contributed by atoms with Crippen molar-refractivity contribution in [1.29, 1.82) is 0 Å². The van der Waals surface area contributed by atoms with Gasteiger partial charge in [-0.3, -0.25) is 10.9 Å². The van der Waals surface area contributed by atoms with Gasteiger partial charge < -0.3 is 10.1 Å². The van der Waals surface area contributed by atoms with Gasteiger partial charge in [0.15, 0.2) is 0 Å². The molecule has 2 aliphatic heterocycles. The van der Waals surface area contributed by atoms with Crippen molar-refractivity contribution in [3.05, 3.63) is 28.2 Å². The van der Waals surface area contributed by atoms with Gasteiger partial charge >= 0.3 is 0 Å². The molecule has 19 heavy (non-hydrogen) atoms. The SMILES string of the molecule is CC1NNCC1CNC1CCOc2ccc(Br)cc21. The molecule has 0 saturated carbocycles. The highest BCUT2D eigenvalue weighted by Gasteiger charge is 2.26. The van der Waals surface area contributed by atoms with Crippen LogP contribution in [0.25, 0.3) is 0 Å². The van der Waals surface area contributed by atoms with Crippen molar-refractivity contribution in [3.63, 3.8) is 0 Å². The summed E-state index contributed by atoms with van der Waals surface area (Å²) in [5, 5.41) is 3.70. The lowest BCUT2D eigenvalue weighted by Crippen LogP contribution is -2.35. The number of fused-ring (bicyclic) bond motifs is 1. The van der Waals surface area contributed by atoms with Crippen LogP contribution in [0.1, 0.15) is 24.9 Å². The summed E-state index contributed by atoms with van der Waals surface area (Å²) in [4.78, 5) is 0. The predicted octanol–water partition coefficient (Wildman–Crippen LogP) is 1.97. The Morgan fingerprint density at radius 2 is 2.37 bits per heavy atom. The molecule has 5 heteroatoms. The van der Waals surface area contributed by atoms with Crippen LogP contribution in [0.4, 0.5) is 0 Å². The fourth-order valence-electron chi connectivity index (χ4n) is 2.77. The van der Waals surface area contributed by atoms with E-state index in [1.807, 2.05) is 6.07 Å². The van der Waals surface area contributed by atoms with E-state index in [4.69, 9.17) is 4.74 Å². The Kier molecular flexibility index (Phi) is 4.07. The smallest absolute Gasteiger partial charge is 0.124 e. The van der Waals surface area contributed by atoms with Crippen molar-refractivity contribution >= 4 is 15.9 Å². The normalized spacial score (nSPS) is 29.9. The van der Waals surface area contributed by atoms with E-state index in [1.165, 1.54) is 5.56 Å². The monoisotopic (exact) mass is 325 g/mol. The largest absolute Gasteiger partial charge is 0.493 e. The summed E-state index contributed by atoms with van der Waals surface area (Å²) in [6.07, 6.45) is 1.03. The molecule has 0 spiro atoms. The number of hydrazine groups is 1. The molecule has 1 fully saturated rings. The second kappa shape index (κ2) is 5.79. The van der Waals surface area contributed by atoms with E-state index in [0.29, 0.717) is 18.0 Å². The first-order valence-corrected chi connectivity index (χ1v) is 7.67. The van der Waals surface area contributed by atoms with Crippen LogP contribution in [-0.2, 0) is 0 Å². The van der Waals surface area contributed by atoms with Crippen molar-refractivity contribution in [2.24, 2.45) is 5.92 Å². The van der Waals surface area contributed by atoms with Crippen LogP contribution < -0.4 is 20.9 Å². The lowest BCUT2D eigenvalue weighted by atomic mass is 9.98. The number of hydrogen-bond acceptors (Lipinski definition) is 4. The zero-order chi connectivity index (χ0) is 13.2. The standard InChI is InChI=1S/C14H20BrN3O/c1-9-10(8-17-18-9)7-16-13-4-5-19-14-3-2-11(15)6-12(13)14/h2-3,6,9-10,13,16-18H,4-5,7-8H2,1H3. The topological polar surface area (TPSA) is 45.3 Å². The van der Waals surface area contributed by atoms with Crippen LogP contribution in [0.2, 0.25) is 0 Å². The molecule has 0 radical (unpaired) electrons. The van der Waals surface area contributed by atoms with E-state index in [-0.39, 0.29) is 0 Å². The Hall–Kier alpha value is -0.620. The molecule has 0 bridgehead atoms. The molecular formula is C14H20BrN3O. The summed E-state index contributed by atoms with van der Waals surface area (Å²) < 4.78 is 6.83. The van der Waals surface area contributed by atoms with Crippen molar-refractivity contribution in [2.75, 3.05) is 19.7 Å². The third-order valence-corrected chi connectivity index (χ3v) is 4.53. The first kappa shape index (κ1) is 13.4. The van der Waals surface area contributed by atoms with E-state index in [2.05, 4.69) is 51.2 Å². The van der Waals surface area contributed by atoms with Gasteiger partial charge in [-0.2, -0.15) is 0 Å². The van der Waals surface area contributed by atoms with E-state index >= 15 is 0 Å². The van der Waals surface area contributed by atoms with Gasteiger partial charge in [0.25, 0.3) is 0 Å². The molecule has 3 atom stereocenters. The molecule has 2 heterocycles. The number of ether oxygens (including phenoxy) is 1. The van der Waals surface area contributed by atoms with Crippen LogP contribution in [0.15, 0.2) is 22.7 Å². The molecule has 3 unspecified atom stereocenters. The summed E-state index contributed by atoms with van der Waals surface area (Å²) in [5.74, 6) is 1.65. The molecule has 1 saturated heterocycles. The quantitative estimate of drug-likeness (QED) is 0.795. The fourth-order valence-corrected chi connectivity index (χ4v) is 3.14. The van der Waals surface area contributed by atoms with Crippen LogP contribution in [0.3, 0.4) is 0 Å². The minimum absolute atomic E-state index is 0.397. The van der Waals surface area contributed by atoms with Gasteiger partial charge in [-0.25, -0.2) is 0 Å². The average Bonchev–Trinajstić information content (AvgIpc) is 2.82. The zero-order valence-electron chi connectivity index (χ0n) is 11.1. The summed E-state index contributed by atoms with van der Waals surface area (Å²) >= 11 is 3.54. The summed E-state index contributed by atoms with van der Waals surface area (Å²) in [6, 6.07) is 7.17. The van der Waals surface area contributed by atoms with Gasteiger partial charge in [0.1, 0.15) is 5.75 Å². The van der Waals surface area contributed by atoms with Crippen molar-refractivity contribution in [2.45, 2.75) is 25.4 Å². The Bertz CT molecular complexity index is 454. The Morgan fingerprint density at radius 3 is 3.16 bits per heavy atom. The zero-order valence-corrected chi connectivity index (χ0v) is 12.7. The number of rotatable bonds is 3. The number of halogens is 1. The second-order valence-corrected chi connectivity index (χ2v) is 6.27. The van der Waals surface area contributed by atoms with Gasteiger partial charge in [-0.15, -0.1) is 0 Å². The van der Waals surface area contributed by atoms with E-state index in [0.717, 1.165) is 36.3 Å². The van der Waals surface area contributed by atoms with Crippen molar-refractivity contribution in [3.8, 4) is 5.75 Å². The highest BCUT2D eigenvalue weighted by molar-refractivity contribution is 9.10. The maximum atomic E-state index is 5.72. The molecule has 4 nitrogen and oxygen atoms in total. The Morgan fingerprint density at radius 1 is 1.47 bits per heavy atom. The summed E-state index contributed by atoms with van der Waals surface area (Å²) in [6.45, 7) is 5.07. The number of hydrogen-bond donors (Lipinski definition) is 3. The van der Waals surface area contributed by atoms with E-state index < -0.39 is 0 Å². The molecule has 3 N–H and O–H groups in total. The van der Waals surface area contributed by atoms with Crippen molar-refractivity contribution < 1.29 is 4.74 Å². The second-order valence-electron chi connectivity index (χ2n) is 5.35. The van der Waals surface area contributed by atoms with Gasteiger partial charge in [-0.1, -0.05) is 15.9 Å². The Labute approximate surface area is 122 Å². The first-order valence-electron chi connectivity index (χ1n) is 6.88. The molecule has 0 aliphatic carbocycles. The highest BCUT2D eigenvalue weighted by Crippen LogP contribution is 2.34. The third kappa shape index (κ3) is 2.94. The van der Waals surface area contributed by atoms with Crippen LogP contribution in [0, 0.1) is 5.92 Å². The number of nitrogens with one attached hydrogen (secondary N) is 3. The number of benzene rings is 1. The molecule has 0 amide bonds. The van der Waals surface area contributed by atoms with Crippen LogP contribution in [-0.4, -0.2) is 25.7 Å². The minimum atomic E-state index is 0.397. The summed E-state index contributed by atoms with van der Waals surface area (Å²) in [7, 11) is 0. The minimum Gasteiger partial charge on any atom is -0.493 e. The van der Waals surface area contributed by atoms with Gasteiger partial charge in [0, 0.05) is 47.5 Å². The highest BCUT2D eigenvalue weighted by atomic mass is 79.9. The van der Waals surface area contributed by atoms with Crippen molar-refractivity contribution in [1.82, 2.24) is 16.2 Å². The average molecular weight is 326 g/mol.